The van der Waals surface area contributed by atoms with Crippen LogP contribution in [0.2, 0.25) is 0 Å². The van der Waals surface area contributed by atoms with Crippen LogP contribution >= 0.6 is 0 Å². The number of Topliss-reactive ketones (excluding diaryl/α,β-unsaturated/α-hetero) is 1. The van der Waals surface area contributed by atoms with Gasteiger partial charge in [0.2, 0.25) is 0 Å². The monoisotopic (exact) mass is 904 g/mol. The van der Waals surface area contributed by atoms with E-state index < -0.39 is 64.8 Å². The number of carbonyl (C=O) groups excluding carboxylic acids is 2. The molecule has 12 heteroatoms. The maximum Gasteiger partial charge on any atom is 0.166 e. The first kappa shape index (κ1) is 39.9. The van der Waals surface area contributed by atoms with Crippen molar-refractivity contribution in [3.63, 3.8) is 0 Å². The third-order valence-corrected chi connectivity index (χ3v) is 15.6. The number of allylic oxidation sites excluding steroid dienone is 1. The third-order valence-electron chi connectivity index (χ3n) is 15.6. The number of rotatable bonds is 5. The van der Waals surface area contributed by atoms with E-state index in [9.17, 15) is 40.9 Å². The summed E-state index contributed by atoms with van der Waals surface area (Å²) in [5.41, 5.74) is 4.33. The highest BCUT2D eigenvalue weighted by atomic mass is 16.5. The molecule has 1 fully saturated rings. The third kappa shape index (κ3) is 5.25. The number of hydrogen-bond acceptors (Lipinski definition) is 12. The van der Waals surface area contributed by atoms with Crippen LogP contribution in [0.1, 0.15) is 103 Å². The zero-order chi connectivity index (χ0) is 46.7. The molecule has 7 aromatic rings. The maximum absolute atomic E-state index is 16.7. The van der Waals surface area contributed by atoms with E-state index in [1.165, 1.54) is 66.7 Å². The summed E-state index contributed by atoms with van der Waals surface area (Å²) in [5.74, 6) is -7.69. The van der Waals surface area contributed by atoms with Crippen molar-refractivity contribution in [1.29, 1.82) is 0 Å². The minimum Gasteiger partial charge on any atom is -0.508 e. The van der Waals surface area contributed by atoms with Crippen molar-refractivity contribution >= 4 is 11.6 Å². The molecule has 13 rings (SSSR count). The van der Waals surface area contributed by atoms with Gasteiger partial charge in [-0.1, -0.05) is 48.5 Å². The number of benzene rings is 7. The van der Waals surface area contributed by atoms with Crippen molar-refractivity contribution in [1.82, 2.24) is 0 Å². The molecule has 3 bridgehead atoms. The number of carbonyl (C=O) groups is 2. The number of phenolic OH excluding ortho intramolecular Hbond substituents is 8. The first-order valence-corrected chi connectivity index (χ1v) is 22.4. The zero-order valence-electron chi connectivity index (χ0n) is 35.7. The average Bonchev–Trinajstić information content (AvgIpc) is 3.92. The Hall–Kier alpha value is -8.38. The van der Waals surface area contributed by atoms with E-state index in [-0.39, 0.29) is 57.5 Å². The number of ether oxygens (including phenoxy) is 2. The van der Waals surface area contributed by atoms with Crippen molar-refractivity contribution in [2.24, 2.45) is 11.3 Å². The van der Waals surface area contributed by atoms with Gasteiger partial charge in [-0.05, 0) is 117 Å². The Bertz CT molecular complexity index is 3340. The van der Waals surface area contributed by atoms with Crippen LogP contribution in [0.3, 0.4) is 0 Å². The molecule has 1 unspecified atom stereocenters. The molecule has 8 N–H and O–H groups in total. The Morgan fingerprint density at radius 1 is 0.397 bits per heavy atom. The summed E-state index contributed by atoms with van der Waals surface area (Å²) < 4.78 is 13.8. The second-order valence-electron chi connectivity index (χ2n) is 18.9. The average molecular weight is 905 g/mol. The van der Waals surface area contributed by atoms with Gasteiger partial charge in [-0.2, -0.15) is 0 Å². The van der Waals surface area contributed by atoms with Crippen molar-refractivity contribution in [2.75, 3.05) is 0 Å². The molecule has 68 heavy (non-hydrogen) atoms. The molecule has 0 aromatic heterocycles. The van der Waals surface area contributed by atoms with Gasteiger partial charge in [0.1, 0.15) is 69.7 Å². The fourth-order valence-corrected chi connectivity index (χ4v) is 13.4. The van der Waals surface area contributed by atoms with Crippen molar-refractivity contribution < 1.29 is 59.9 Å². The molecule has 10 atom stereocenters. The van der Waals surface area contributed by atoms with Crippen LogP contribution in [0.5, 0.6) is 57.5 Å². The molecular formula is C56H40O12. The first-order chi connectivity index (χ1) is 32.8. The van der Waals surface area contributed by atoms with Crippen molar-refractivity contribution in [2.45, 2.75) is 47.7 Å². The van der Waals surface area contributed by atoms with Gasteiger partial charge in [0.05, 0.1) is 23.2 Å². The van der Waals surface area contributed by atoms with Crippen molar-refractivity contribution in [3.05, 3.63) is 201 Å². The minimum atomic E-state index is -1.64. The fraction of sp³-hybridized carbons (Fsp3) is 0.179. The second-order valence-corrected chi connectivity index (χ2v) is 18.9. The lowest BCUT2D eigenvalue weighted by atomic mass is 9.48. The van der Waals surface area contributed by atoms with Crippen LogP contribution in [0.4, 0.5) is 0 Å². The normalized spacial score (nSPS) is 27.6. The molecule has 0 radical (unpaired) electrons. The van der Waals surface area contributed by atoms with E-state index in [0.717, 1.165) is 0 Å². The Labute approximate surface area is 387 Å². The number of aromatic hydroxyl groups is 8. The number of phenols is 8. The largest absolute Gasteiger partial charge is 0.508 e. The molecule has 4 aliphatic carbocycles. The molecular weight excluding hydrogens is 865 g/mol. The molecule has 12 nitrogen and oxygen atoms in total. The van der Waals surface area contributed by atoms with E-state index in [2.05, 4.69) is 0 Å². The SMILES string of the molecule is O=C1C=C2[C@@H]3c4c(cc(O)cc4[C@H]4c5c(O)cc6c(c5[C@@H]5[C@@H](c7ccc(O)cc7)[C@H]1C(=O)[C@@]25C4c1ccc(O)cc1)[C@@H](c1cc(O)cc(O)c1)[C@H](c1ccc(O)cc1)O6)O[C@H]3c1ccc(O)cc1. The van der Waals surface area contributed by atoms with Crippen LogP contribution in [-0.2, 0) is 9.59 Å². The van der Waals surface area contributed by atoms with Gasteiger partial charge in [-0.25, -0.2) is 0 Å². The predicted molar refractivity (Wildman–Crippen MR) is 244 cm³/mol. The number of hydrogen-bond donors (Lipinski definition) is 8. The van der Waals surface area contributed by atoms with Gasteiger partial charge < -0.3 is 50.3 Å². The van der Waals surface area contributed by atoms with E-state index in [1.807, 2.05) is 0 Å². The highest BCUT2D eigenvalue weighted by Gasteiger charge is 2.76. The molecule has 0 amide bonds. The summed E-state index contributed by atoms with van der Waals surface area (Å²) in [6.45, 7) is 0. The predicted octanol–water partition coefficient (Wildman–Crippen LogP) is 9.32. The van der Waals surface area contributed by atoms with Gasteiger partial charge in [0, 0.05) is 58.6 Å². The van der Waals surface area contributed by atoms with Crippen LogP contribution in [0.15, 0.2) is 145 Å². The van der Waals surface area contributed by atoms with Crippen LogP contribution in [-0.4, -0.2) is 52.4 Å². The lowest BCUT2D eigenvalue weighted by molar-refractivity contribution is -0.135. The number of fused-ring (bicyclic) bond motifs is 9. The smallest absolute Gasteiger partial charge is 0.166 e. The summed E-state index contributed by atoms with van der Waals surface area (Å²) in [7, 11) is 0. The van der Waals surface area contributed by atoms with Gasteiger partial charge in [0.25, 0.3) is 0 Å². The van der Waals surface area contributed by atoms with E-state index >= 15 is 9.59 Å². The summed E-state index contributed by atoms with van der Waals surface area (Å²) in [6, 6.07) is 35.0. The highest BCUT2D eigenvalue weighted by molar-refractivity contribution is 6.18. The summed E-state index contributed by atoms with van der Waals surface area (Å²) in [4.78, 5) is 32.0. The quantitative estimate of drug-likeness (QED) is 0.0759. The summed E-state index contributed by atoms with van der Waals surface area (Å²) in [6.07, 6.45) is -0.143. The van der Waals surface area contributed by atoms with Gasteiger partial charge >= 0.3 is 0 Å². The molecule has 1 saturated carbocycles. The Kier molecular flexibility index (Phi) is 8.12. The molecule has 2 aliphatic heterocycles. The fourth-order valence-electron chi connectivity index (χ4n) is 13.4. The maximum atomic E-state index is 16.7. The molecule has 0 saturated heterocycles. The highest BCUT2D eigenvalue weighted by Crippen LogP contribution is 2.80. The van der Waals surface area contributed by atoms with Crippen LogP contribution < -0.4 is 9.47 Å². The lowest BCUT2D eigenvalue weighted by Crippen LogP contribution is -2.49. The second kappa shape index (κ2) is 13.8. The zero-order valence-corrected chi connectivity index (χ0v) is 35.7. The Morgan fingerprint density at radius 3 is 1.47 bits per heavy atom. The van der Waals surface area contributed by atoms with Gasteiger partial charge in [-0.15, -0.1) is 0 Å². The molecule has 336 valence electrons. The molecule has 2 heterocycles. The van der Waals surface area contributed by atoms with E-state index in [0.29, 0.717) is 67.0 Å². The summed E-state index contributed by atoms with van der Waals surface area (Å²) >= 11 is 0. The lowest BCUT2D eigenvalue weighted by Gasteiger charge is -2.52. The summed E-state index contributed by atoms with van der Waals surface area (Å²) in [5, 5.41) is 89.3. The number of ketones is 2. The Balaban J connectivity index is 1.21. The first-order valence-electron chi connectivity index (χ1n) is 22.4. The van der Waals surface area contributed by atoms with Crippen LogP contribution in [0, 0.1) is 11.3 Å². The van der Waals surface area contributed by atoms with Gasteiger partial charge in [0.15, 0.2) is 11.6 Å². The van der Waals surface area contributed by atoms with Gasteiger partial charge in [-0.3, -0.25) is 9.59 Å². The van der Waals surface area contributed by atoms with E-state index in [1.54, 1.807) is 72.8 Å². The molecule has 1 spiro atoms. The van der Waals surface area contributed by atoms with Crippen LogP contribution in [0.25, 0.3) is 0 Å². The topological polar surface area (TPSA) is 214 Å². The van der Waals surface area contributed by atoms with E-state index in [4.69, 9.17) is 9.47 Å². The van der Waals surface area contributed by atoms with Crippen molar-refractivity contribution in [3.8, 4) is 57.5 Å². The molecule has 7 aromatic carbocycles. The minimum absolute atomic E-state index is 0.0126. The standard InChI is InChI=1S/C56H40O12/c57-29-9-1-24(2-10-29)42-48-38(64)22-37-46-44-36(20-35(63)21-40(44)67-54(46)27-7-15-32(60)16-8-27)45-47-39(65)23-41-49(50(47)52(42)56(37,55(48)66)51(45)25-3-11-30(58)12-4-25)43(28-17-33(61)19-34(62)18-28)53(68-41)26-5-13-31(59)14-6-26/h1-23,42-43,45-46,48,51-54,57-63,65H/t42-,43+,45-,46+,48-,51?,52-,53-,54-,56+/m0/s1. The Morgan fingerprint density at radius 2 is 0.897 bits per heavy atom. The molecule has 6 aliphatic rings.